The number of aliphatic hydroxyl groups excluding tert-OH is 1. The molecule has 1 unspecified atom stereocenters. The Hall–Kier alpha value is -1.46. The average molecular weight is 289 g/mol. The Morgan fingerprint density at radius 3 is 3.20 bits per heavy atom. The van der Waals surface area contributed by atoms with Crippen LogP contribution in [0.15, 0.2) is 36.7 Å². The quantitative estimate of drug-likeness (QED) is 0.907. The number of benzene rings is 1. The first-order valence-electron chi connectivity index (χ1n) is 6.92. The molecule has 0 saturated heterocycles. The van der Waals surface area contributed by atoms with Crippen molar-refractivity contribution in [3.63, 3.8) is 0 Å². The number of thioether (sulfide) groups is 1. The molecule has 106 valence electrons. The minimum atomic E-state index is 0.114. The van der Waals surface area contributed by atoms with Crippen molar-refractivity contribution < 1.29 is 5.11 Å². The van der Waals surface area contributed by atoms with Gasteiger partial charge in [-0.25, -0.2) is 0 Å². The summed E-state index contributed by atoms with van der Waals surface area (Å²) in [6.45, 7) is 0.654. The number of anilines is 1. The van der Waals surface area contributed by atoms with Crippen LogP contribution in [0.3, 0.4) is 0 Å². The van der Waals surface area contributed by atoms with Crippen molar-refractivity contribution >= 4 is 17.4 Å². The fraction of sp³-hybridized carbons (Fsp3) is 0.400. The molecule has 0 spiro atoms. The van der Waals surface area contributed by atoms with Crippen LogP contribution in [-0.2, 0) is 13.0 Å². The molecule has 0 bridgehead atoms. The summed E-state index contributed by atoms with van der Waals surface area (Å²) in [4.78, 5) is 0. The van der Waals surface area contributed by atoms with Gasteiger partial charge in [0, 0.05) is 11.9 Å². The van der Waals surface area contributed by atoms with Crippen molar-refractivity contribution in [3.8, 4) is 0 Å². The summed E-state index contributed by atoms with van der Waals surface area (Å²) in [5.41, 5.74) is 3.85. The second kappa shape index (κ2) is 6.33. The summed E-state index contributed by atoms with van der Waals surface area (Å²) in [5, 5.41) is 16.7. The van der Waals surface area contributed by atoms with Crippen LogP contribution >= 0.6 is 11.8 Å². The van der Waals surface area contributed by atoms with Gasteiger partial charge in [0.1, 0.15) is 0 Å². The summed E-state index contributed by atoms with van der Waals surface area (Å²) in [7, 11) is 0. The SMILES string of the molecule is OCCn1cc(NC2CSCCc3ccccc32)cn1. The number of nitrogens with one attached hydrogen (secondary N) is 1. The minimum absolute atomic E-state index is 0.114. The zero-order valence-corrected chi connectivity index (χ0v) is 12.1. The number of aryl methyl sites for hydroxylation is 1. The molecule has 3 rings (SSSR count). The van der Waals surface area contributed by atoms with E-state index in [1.807, 2.05) is 24.2 Å². The first-order chi connectivity index (χ1) is 9.86. The monoisotopic (exact) mass is 289 g/mol. The second-order valence-electron chi connectivity index (χ2n) is 4.94. The van der Waals surface area contributed by atoms with Crippen molar-refractivity contribution in [2.75, 3.05) is 23.4 Å². The van der Waals surface area contributed by atoms with E-state index in [-0.39, 0.29) is 6.61 Å². The van der Waals surface area contributed by atoms with E-state index in [2.05, 4.69) is 34.7 Å². The standard InChI is InChI=1S/C15H19N3OS/c19-7-6-18-10-13(9-16-18)17-15-11-20-8-5-12-3-1-2-4-14(12)15/h1-4,9-10,15,17,19H,5-8,11H2. The predicted molar refractivity (Wildman–Crippen MR) is 83.1 cm³/mol. The molecule has 0 fully saturated rings. The largest absolute Gasteiger partial charge is 0.394 e. The van der Waals surface area contributed by atoms with E-state index in [4.69, 9.17) is 5.11 Å². The third kappa shape index (κ3) is 2.99. The van der Waals surface area contributed by atoms with Gasteiger partial charge in [0.05, 0.1) is 31.1 Å². The predicted octanol–water partition coefficient (Wildman–Crippen LogP) is 2.32. The molecular weight excluding hydrogens is 270 g/mol. The Morgan fingerprint density at radius 2 is 2.30 bits per heavy atom. The zero-order chi connectivity index (χ0) is 13.8. The third-order valence-corrected chi connectivity index (χ3v) is 4.60. The van der Waals surface area contributed by atoms with Crippen LogP contribution in [0, 0.1) is 0 Å². The maximum Gasteiger partial charge on any atom is 0.0731 e. The summed E-state index contributed by atoms with van der Waals surface area (Å²) in [5.74, 6) is 2.25. The van der Waals surface area contributed by atoms with Crippen LogP contribution in [0.4, 0.5) is 5.69 Å². The van der Waals surface area contributed by atoms with E-state index in [9.17, 15) is 0 Å². The molecule has 2 heterocycles. The molecule has 0 saturated carbocycles. The highest BCUT2D eigenvalue weighted by atomic mass is 32.2. The van der Waals surface area contributed by atoms with Gasteiger partial charge in [0.25, 0.3) is 0 Å². The van der Waals surface area contributed by atoms with Gasteiger partial charge in [-0.15, -0.1) is 0 Å². The normalized spacial score (nSPS) is 18.4. The van der Waals surface area contributed by atoms with Crippen molar-refractivity contribution in [1.29, 1.82) is 0 Å². The van der Waals surface area contributed by atoms with Gasteiger partial charge < -0.3 is 10.4 Å². The van der Waals surface area contributed by atoms with Crippen LogP contribution in [0.2, 0.25) is 0 Å². The molecule has 1 aliphatic heterocycles. The zero-order valence-electron chi connectivity index (χ0n) is 11.3. The molecule has 4 nitrogen and oxygen atoms in total. The number of aliphatic hydroxyl groups is 1. The van der Waals surface area contributed by atoms with E-state index in [0.29, 0.717) is 12.6 Å². The Bertz CT molecular complexity index is 570. The Morgan fingerprint density at radius 1 is 1.40 bits per heavy atom. The highest BCUT2D eigenvalue weighted by Crippen LogP contribution is 2.30. The van der Waals surface area contributed by atoms with Crippen LogP contribution in [0.25, 0.3) is 0 Å². The molecule has 0 amide bonds. The van der Waals surface area contributed by atoms with Gasteiger partial charge in [-0.1, -0.05) is 24.3 Å². The van der Waals surface area contributed by atoms with Gasteiger partial charge in [0.2, 0.25) is 0 Å². The molecule has 1 atom stereocenters. The molecular formula is C15H19N3OS. The number of hydrogen-bond donors (Lipinski definition) is 2. The summed E-state index contributed by atoms with van der Waals surface area (Å²) in [6.07, 6.45) is 4.92. The molecule has 2 N–H and O–H groups in total. The first-order valence-corrected chi connectivity index (χ1v) is 8.07. The topological polar surface area (TPSA) is 50.1 Å². The van der Waals surface area contributed by atoms with E-state index in [1.54, 1.807) is 4.68 Å². The molecule has 20 heavy (non-hydrogen) atoms. The first kappa shape index (κ1) is 13.5. The molecule has 2 aromatic rings. The number of aromatic nitrogens is 2. The van der Waals surface area contributed by atoms with Crippen molar-refractivity contribution in [1.82, 2.24) is 9.78 Å². The van der Waals surface area contributed by atoms with Crippen molar-refractivity contribution in [3.05, 3.63) is 47.8 Å². The van der Waals surface area contributed by atoms with Crippen LogP contribution < -0.4 is 5.32 Å². The number of hydrogen-bond acceptors (Lipinski definition) is 4. The van der Waals surface area contributed by atoms with E-state index >= 15 is 0 Å². The number of rotatable bonds is 4. The maximum absolute atomic E-state index is 8.93. The third-order valence-electron chi connectivity index (χ3n) is 3.53. The fourth-order valence-electron chi connectivity index (χ4n) is 2.56. The van der Waals surface area contributed by atoms with Gasteiger partial charge in [-0.2, -0.15) is 16.9 Å². The Balaban J connectivity index is 1.79. The maximum atomic E-state index is 8.93. The van der Waals surface area contributed by atoms with Crippen LogP contribution in [-0.4, -0.2) is 33.0 Å². The lowest BCUT2D eigenvalue weighted by molar-refractivity contribution is 0.269. The van der Waals surface area contributed by atoms with E-state index in [0.717, 1.165) is 17.9 Å². The molecule has 0 aliphatic carbocycles. The van der Waals surface area contributed by atoms with Gasteiger partial charge in [-0.05, 0) is 23.3 Å². The fourth-order valence-corrected chi connectivity index (χ4v) is 3.59. The van der Waals surface area contributed by atoms with Crippen LogP contribution in [0.5, 0.6) is 0 Å². The molecule has 1 aromatic heterocycles. The lowest BCUT2D eigenvalue weighted by atomic mass is 9.99. The minimum Gasteiger partial charge on any atom is -0.394 e. The molecule has 1 aliphatic rings. The second-order valence-corrected chi connectivity index (χ2v) is 6.09. The van der Waals surface area contributed by atoms with E-state index in [1.165, 1.54) is 16.9 Å². The summed E-state index contributed by atoms with van der Waals surface area (Å²) in [6, 6.07) is 9.00. The molecule has 1 aromatic carbocycles. The highest BCUT2D eigenvalue weighted by molar-refractivity contribution is 7.99. The van der Waals surface area contributed by atoms with Gasteiger partial charge in [-0.3, -0.25) is 4.68 Å². The van der Waals surface area contributed by atoms with Gasteiger partial charge in [0.15, 0.2) is 0 Å². The molecule has 5 heteroatoms. The Kier molecular flexibility index (Phi) is 4.28. The Labute approximate surface area is 123 Å². The average Bonchev–Trinajstić information content (AvgIpc) is 2.80. The van der Waals surface area contributed by atoms with Crippen molar-refractivity contribution in [2.45, 2.75) is 19.0 Å². The highest BCUT2D eigenvalue weighted by Gasteiger charge is 2.18. The van der Waals surface area contributed by atoms with E-state index < -0.39 is 0 Å². The lowest BCUT2D eigenvalue weighted by Crippen LogP contribution is -2.13. The number of nitrogens with zero attached hydrogens (tertiary/aromatic N) is 2. The summed E-state index contributed by atoms with van der Waals surface area (Å²) < 4.78 is 1.76. The smallest absolute Gasteiger partial charge is 0.0731 e. The van der Waals surface area contributed by atoms with Gasteiger partial charge >= 0.3 is 0 Å². The lowest BCUT2D eigenvalue weighted by Gasteiger charge is -2.19. The van der Waals surface area contributed by atoms with Crippen LogP contribution in [0.1, 0.15) is 17.2 Å². The van der Waals surface area contributed by atoms with Crippen molar-refractivity contribution in [2.24, 2.45) is 0 Å². The molecule has 0 radical (unpaired) electrons. The number of fused-ring (bicyclic) bond motifs is 1. The summed E-state index contributed by atoms with van der Waals surface area (Å²) >= 11 is 1.99.